The van der Waals surface area contributed by atoms with E-state index < -0.39 is 6.04 Å². The first-order valence-electron chi connectivity index (χ1n) is 6.26. The third-order valence-electron chi connectivity index (χ3n) is 3.28. The molecule has 1 amide bonds. The van der Waals surface area contributed by atoms with Gasteiger partial charge in [-0.3, -0.25) is 9.69 Å². The Balaban J connectivity index is 2.46. The van der Waals surface area contributed by atoms with Crippen LogP contribution in [0.25, 0.3) is 0 Å². The molecule has 1 heterocycles. The lowest BCUT2D eigenvalue weighted by atomic mass is 10.0. The molecule has 0 radical (unpaired) electrons. The molecule has 0 aliphatic carbocycles. The predicted octanol–water partition coefficient (Wildman–Crippen LogP) is 0.833. The molecule has 1 rings (SSSR count). The molecule has 2 N–H and O–H groups in total. The average Bonchev–Trinajstić information content (AvgIpc) is 2.27. The van der Waals surface area contributed by atoms with Crippen LogP contribution in [-0.2, 0) is 4.79 Å². The number of piperazine rings is 1. The van der Waals surface area contributed by atoms with Crippen LogP contribution in [0.5, 0.6) is 0 Å². The highest BCUT2D eigenvalue weighted by atomic mass is 16.2. The zero-order chi connectivity index (χ0) is 13.1. The van der Waals surface area contributed by atoms with Crippen molar-refractivity contribution < 1.29 is 4.79 Å². The van der Waals surface area contributed by atoms with Gasteiger partial charge in [-0.25, -0.2) is 0 Å². The summed E-state index contributed by atoms with van der Waals surface area (Å²) in [6.07, 6.45) is 2.26. The van der Waals surface area contributed by atoms with E-state index >= 15 is 0 Å². The van der Waals surface area contributed by atoms with Crippen molar-refractivity contribution in [3.05, 3.63) is 12.7 Å². The number of hydrogen-bond acceptors (Lipinski definition) is 3. The second-order valence-electron chi connectivity index (χ2n) is 5.61. The Kier molecular flexibility index (Phi) is 4.71. The minimum atomic E-state index is -0.423. The molecule has 0 spiro atoms. The fourth-order valence-corrected chi connectivity index (χ4v) is 2.11. The van der Waals surface area contributed by atoms with Crippen molar-refractivity contribution in [1.29, 1.82) is 0 Å². The van der Waals surface area contributed by atoms with E-state index in [1.807, 2.05) is 4.90 Å². The first-order valence-corrected chi connectivity index (χ1v) is 6.26. The number of hydrogen-bond donors (Lipinski definition) is 1. The van der Waals surface area contributed by atoms with Gasteiger partial charge in [-0.05, 0) is 27.2 Å². The summed E-state index contributed by atoms with van der Waals surface area (Å²) in [7, 11) is 0. The lowest BCUT2D eigenvalue weighted by Crippen LogP contribution is -2.57. The van der Waals surface area contributed by atoms with Gasteiger partial charge in [-0.1, -0.05) is 6.08 Å². The normalized spacial score (nSPS) is 20.1. The highest BCUT2D eigenvalue weighted by Crippen LogP contribution is 2.16. The van der Waals surface area contributed by atoms with Crippen LogP contribution in [0.4, 0.5) is 0 Å². The summed E-state index contributed by atoms with van der Waals surface area (Å²) in [6.45, 7) is 13.6. The molecule has 98 valence electrons. The molecule has 1 saturated heterocycles. The number of nitrogens with two attached hydrogens (primary N) is 1. The summed E-state index contributed by atoms with van der Waals surface area (Å²) < 4.78 is 0. The maximum absolute atomic E-state index is 12.0. The van der Waals surface area contributed by atoms with Crippen LogP contribution in [0, 0.1) is 0 Å². The Morgan fingerprint density at radius 3 is 2.29 bits per heavy atom. The van der Waals surface area contributed by atoms with Crippen molar-refractivity contribution in [3.63, 3.8) is 0 Å². The summed E-state index contributed by atoms with van der Waals surface area (Å²) >= 11 is 0. The maximum Gasteiger partial charge on any atom is 0.239 e. The summed E-state index contributed by atoms with van der Waals surface area (Å²) in [5.41, 5.74) is 5.98. The van der Waals surface area contributed by atoms with Gasteiger partial charge in [0.15, 0.2) is 0 Å². The molecular formula is C13H25N3O. The predicted molar refractivity (Wildman–Crippen MR) is 70.7 cm³/mol. The monoisotopic (exact) mass is 239 g/mol. The van der Waals surface area contributed by atoms with E-state index in [0.717, 1.165) is 26.2 Å². The Bertz CT molecular complexity index is 275. The van der Waals surface area contributed by atoms with Gasteiger partial charge in [0.1, 0.15) is 0 Å². The number of carbonyl (C=O) groups excluding carboxylic acids is 1. The number of amides is 1. The lowest BCUT2D eigenvalue weighted by Gasteiger charge is -2.42. The lowest BCUT2D eigenvalue weighted by molar-refractivity contribution is -0.135. The van der Waals surface area contributed by atoms with Gasteiger partial charge in [-0.2, -0.15) is 0 Å². The number of carbonyl (C=O) groups is 1. The highest BCUT2D eigenvalue weighted by molar-refractivity contribution is 5.81. The minimum absolute atomic E-state index is 0.0541. The molecule has 0 saturated carbocycles. The van der Waals surface area contributed by atoms with E-state index in [1.165, 1.54) is 0 Å². The van der Waals surface area contributed by atoms with Crippen LogP contribution in [0.1, 0.15) is 27.2 Å². The molecule has 1 aliphatic heterocycles. The van der Waals surface area contributed by atoms with Gasteiger partial charge in [0.25, 0.3) is 0 Å². The van der Waals surface area contributed by atoms with Crippen LogP contribution in [-0.4, -0.2) is 53.5 Å². The molecule has 1 aliphatic rings. The van der Waals surface area contributed by atoms with Crippen LogP contribution in [0.15, 0.2) is 12.7 Å². The third-order valence-corrected chi connectivity index (χ3v) is 3.28. The molecular weight excluding hydrogens is 214 g/mol. The van der Waals surface area contributed by atoms with Crippen LogP contribution < -0.4 is 5.73 Å². The van der Waals surface area contributed by atoms with E-state index in [1.54, 1.807) is 6.08 Å². The Labute approximate surface area is 104 Å². The van der Waals surface area contributed by atoms with Gasteiger partial charge in [0, 0.05) is 31.7 Å². The minimum Gasteiger partial charge on any atom is -0.339 e. The van der Waals surface area contributed by atoms with Crippen molar-refractivity contribution in [2.45, 2.75) is 38.8 Å². The molecule has 1 unspecified atom stereocenters. The standard InChI is InChI=1S/C13H25N3O/c1-5-6-11(14)12(17)15-7-9-16(10-8-15)13(2,3)4/h5,11H,1,6-10,14H2,2-4H3. The van der Waals surface area contributed by atoms with Crippen molar-refractivity contribution in [1.82, 2.24) is 9.80 Å². The number of nitrogens with zero attached hydrogens (tertiary/aromatic N) is 2. The topological polar surface area (TPSA) is 49.6 Å². The SMILES string of the molecule is C=CCC(N)C(=O)N1CCN(C(C)(C)C)CC1. The largest absolute Gasteiger partial charge is 0.339 e. The zero-order valence-electron chi connectivity index (χ0n) is 11.3. The van der Waals surface area contributed by atoms with E-state index in [2.05, 4.69) is 32.3 Å². The average molecular weight is 239 g/mol. The van der Waals surface area contributed by atoms with E-state index in [9.17, 15) is 4.79 Å². The molecule has 0 bridgehead atoms. The van der Waals surface area contributed by atoms with Gasteiger partial charge in [-0.15, -0.1) is 6.58 Å². The van der Waals surface area contributed by atoms with Crippen LogP contribution in [0.3, 0.4) is 0 Å². The summed E-state index contributed by atoms with van der Waals surface area (Å²) in [4.78, 5) is 16.2. The Morgan fingerprint density at radius 1 is 1.35 bits per heavy atom. The van der Waals surface area contributed by atoms with Crippen molar-refractivity contribution in [3.8, 4) is 0 Å². The van der Waals surface area contributed by atoms with Crippen molar-refractivity contribution in [2.24, 2.45) is 5.73 Å². The summed E-state index contributed by atoms with van der Waals surface area (Å²) in [6, 6.07) is -0.423. The first-order chi connectivity index (χ1) is 7.86. The summed E-state index contributed by atoms with van der Waals surface area (Å²) in [5, 5.41) is 0. The van der Waals surface area contributed by atoms with Gasteiger partial charge in [0.2, 0.25) is 5.91 Å². The summed E-state index contributed by atoms with van der Waals surface area (Å²) in [5.74, 6) is 0.0541. The van der Waals surface area contributed by atoms with E-state index in [4.69, 9.17) is 5.73 Å². The zero-order valence-corrected chi connectivity index (χ0v) is 11.3. The fraction of sp³-hybridized carbons (Fsp3) is 0.769. The van der Waals surface area contributed by atoms with Gasteiger partial charge >= 0.3 is 0 Å². The first kappa shape index (κ1) is 14.2. The van der Waals surface area contributed by atoms with Gasteiger partial charge in [0.05, 0.1) is 6.04 Å². The Hall–Kier alpha value is -0.870. The van der Waals surface area contributed by atoms with Crippen molar-refractivity contribution >= 4 is 5.91 Å². The molecule has 0 aromatic heterocycles. The molecule has 17 heavy (non-hydrogen) atoms. The smallest absolute Gasteiger partial charge is 0.239 e. The van der Waals surface area contributed by atoms with Crippen LogP contribution >= 0.6 is 0 Å². The highest BCUT2D eigenvalue weighted by Gasteiger charge is 2.29. The molecule has 1 fully saturated rings. The number of rotatable bonds is 3. The second kappa shape index (κ2) is 5.65. The molecule has 4 heteroatoms. The molecule has 1 atom stereocenters. The quantitative estimate of drug-likeness (QED) is 0.742. The Morgan fingerprint density at radius 2 is 1.88 bits per heavy atom. The maximum atomic E-state index is 12.0. The second-order valence-corrected chi connectivity index (χ2v) is 5.61. The van der Waals surface area contributed by atoms with E-state index in [-0.39, 0.29) is 11.4 Å². The molecule has 0 aromatic rings. The van der Waals surface area contributed by atoms with Gasteiger partial charge < -0.3 is 10.6 Å². The third kappa shape index (κ3) is 3.82. The molecule has 4 nitrogen and oxygen atoms in total. The van der Waals surface area contributed by atoms with Crippen LogP contribution in [0.2, 0.25) is 0 Å². The fourth-order valence-electron chi connectivity index (χ4n) is 2.11. The van der Waals surface area contributed by atoms with E-state index in [0.29, 0.717) is 6.42 Å². The van der Waals surface area contributed by atoms with Crippen molar-refractivity contribution in [2.75, 3.05) is 26.2 Å². The molecule has 0 aromatic carbocycles.